The first kappa shape index (κ1) is 54.3. The van der Waals surface area contributed by atoms with Crippen molar-refractivity contribution < 1.29 is 27.7 Å². The maximum atomic E-state index is 13.6. The Morgan fingerprint density at radius 2 is 0.949 bits per heavy atom. The maximum Gasteiger partial charge on any atom is 0.474 e. The average Bonchev–Trinajstić information content (AvgIpc) is 3.79. The number of hydrogen-bond acceptors (Lipinski definition) is 7. The number of phosphoric ester groups is 1. The number of fused-ring (bicyclic) bond motifs is 1. The minimum absolute atomic E-state index is 0.0283. The van der Waals surface area contributed by atoms with Crippen LogP contribution in [0.3, 0.4) is 0 Å². The van der Waals surface area contributed by atoms with Gasteiger partial charge in [-0.15, -0.1) is 0 Å². The van der Waals surface area contributed by atoms with Crippen LogP contribution in [0.2, 0.25) is 0 Å². The monoisotopic (exact) mass is 872 g/mol. The van der Waals surface area contributed by atoms with Crippen LogP contribution in [0.5, 0.6) is 0 Å². The SMILES string of the molecule is CCCCCCCCCCCCCCCCCCOP(=O)(OCCCCCCCCCCCCCCCCCC)OCCNC(=O)CCCC[C@@H]1SC[C@@H]2NC(=O)N[C@@H]21. The van der Waals surface area contributed by atoms with Gasteiger partial charge in [-0.25, -0.2) is 9.36 Å². The average molecular weight is 872 g/mol. The number of phosphoric acid groups is 1. The summed E-state index contributed by atoms with van der Waals surface area (Å²) in [6.45, 7) is 5.65. The number of hydrogen-bond donors (Lipinski definition) is 3. The van der Waals surface area contributed by atoms with Crippen molar-refractivity contribution in [3.05, 3.63) is 0 Å². The molecule has 0 aliphatic carbocycles. The summed E-state index contributed by atoms with van der Waals surface area (Å²) in [7, 11) is -3.70. The van der Waals surface area contributed by atoms with Crippen molar-refractivity contribution in [2.24, 2.45) is 0 Å². The standard InChI is InChI=1S/C48H94N3O6PS/c1-3-5-7-9-11-13-15-17-19-21-23-25-27-29-31-35-40-55-58(54,56-41-36-32-30-28-26-24-22-20-18-16-14-12-10-8-6-4-2)57-42-39-49-46(52)38-34-33-37-45-47-44(43-59-45)50-48(53)51-47/h44-45,47H,3-43H2,1-2H3,(H,49,52)(H2,50,51,53)/t44-,45-,47-/m0/s1. The molecule has 2 fully saturated rings. The molecule has 0 aromatic carbocycles. The topological polar surface area (TPSA) is 115 Å². The number of rotatable bonds is 45. The van der Waals surface area contributed by atoms with Crippen molar-refractivity contribution in [2.75, 3.05) is 32.1 Å². The van der Waals surface area contributed by atoms with E-state index in [0.29, 0.717) is 24.9 Å². The quantitative estimate of drug-likeness (QED) is 0.0317. The van der Waals surface area contributed by atoms with Gasteiger partial charge in [-0.3, -0.25) is 18.4 Å². The largest absolute Gasteiger partial charge is 0.474 e. The Morgan fingerprint density at radius 3 is 1.37 bits per heavy atom. The van der Waals surface area contributed by atoms with Crippen LogP contribution in [0.4, 0.5) is 4.79 Å². The molecule has 11 heteroatoms. The zero-order valence-corrected chi connectivity index (χ0v) is 40.2. The summed E-state index contributed by atoms with van der Waals surface area (Å²) in [5, 5.41) is 9.33. The van der Waals surface area contributed by atoms with Gasteiger partial charge >= 0.3 is 13.9 Å². The van der Waals surface area contributed by atoms with Crippen molar-refractivity contribution >= 4 is 31.5 Å². The summed E-state index contributed by atoms with van der Waals surface area (Å²) in [6, 6.07) is 0.368. The van der Waals surface area contributed by atoms with Gasteiger partial charge in [0.15, 0.2) is 0 Å². The smallest absolute Gasteiger partial charge is 0.354 e. The Labute approximate surface area is 368 Å². The van der Waals surface area contributed by atoms with Crippen molar-refractivity contribution in [3.63, 3.8) is 0 Å². The van der Waals surface area contributed by atoms with Gasteiger partial charge in [-0.05, 0) is 25.7 Å². The van der Waals surface area contributed by atoms with E-state index in [-0.39, 0.29) is 37.2 Å². The predicted octanol–water partition coefficient (Wildman–Crippen LogP) is 14.5. The molecule has 2 heterocycles. The van der Waals surface area contributed by atoms with Crippen molar-refractivity contribution in [2.45, 2.75) is 262 Å². The number of carbonyl (C=O) groups excluding carboxylic acids is 2. The second-order valence-corrected chi connectivity index (χ2v) is 20.7. The number of nitrogens with one attached hydrogen (secondary N) is 3. The number of urea groups is 1. The van der Waals surface area contributed by atoms with Crippen molar-refractivity contribution in [3.8, 4) is 0 Å². The molecule has 2 rings (SSSR count). The number of unbranched alkanes of at least 4 members (excludes halogenated alkanes) is 31. The third kappa shape index (κ3) is 30.8. The van der Waals surface area contributed by atoms with Gasteiger partial charge in [0.1, 0.15) is 0 Å². The van der Waals surface area contributed by atoms with Gasteiger partial charge in [0.25, 0.3) is 0 Å². The minimum Gasteiger partial charge on any atom is -0.354 e. The lowest BCUT2D eigenvalue weighted by Crippen LogP contribution is -2.36. The Kier molecular flexibility index (Phi) is 35.8. The third-order valence-electron chi connectivity index (χ3n) is 12.2. The second kappa shape index (κ2) is 38.8. The molecule has 0 aromatic heterocycles. The molecular formula is C48H94N3O6PS. The van der Waals surface area contributed by atoms with Gasteiger partial charge in [-0.1, -0.05) is 213 Å². The van der Waals surface area contributed by atoms with Crippen molar-refractivity contribution in [1.29, 1.82) is 0 Å². The van der Waals surface area contributed by atoms with E-state index in [1.54, 1.807) is 0 Å². The molecule has 3 N–H and O–H groups in total. The second-order valence-electron chi connectivity index (χ2n) is 17.8. The van der Waals surface area contributed by atoms with E-state index in [1.165, 1.54) is 180 Å². The Bertz CT molecular complexity index is 999. The first-order valence-corrected chi connectivity index (χ1v) is 28.0. The molecule has 348 valence electrons. The highest BCUT2D eigenvalue weighted by Crippen LogP contribution is 2.49. The molecule has 3 amide bonds. The van der Waals surface area contributed by atoms with Crippen LogP contribution in [0.1, 0.15) is 245 Å². The first-order valence-electron chi connectivity index (χ1n) is 25.5. The van der Waals surface area contributed by atoms with Gasteiger partial charge in [0, 0.05) is 24.0 Å². The maximum absolute atomic E-state index is 13.6. The molecule has 0 spiro atoms. The zero-order valence-electron chi connectivity index (χ0n) is 38.5. The highest BCUT2D eigenvalue weighted by atomic mass is 32.2. The molecule has 59 heavy (non-hydrogen) atoms. The molecule has 2 aliphatic rings. The minimum atomic E-state index is -3.70. The highest BCUT2D eigenvalue weighted by Gasteiger charge is 2.42. The van der Waals surface area contributed by atoms with Gasteiger partial charge in [-0.2, -0.15) is 11.8 Å². The number of thioether (sulfide) groups is 1. The highest BCUT2D eigenvalue weighted by molar-refractivity contribution is 8.00. The van der Waals surface area contributed by atoms with Crippen LogP contribution in [0, 0.1) is 0 Å². The molecule has 0 aromatic rings. The summed E-state index contributed by atoms with van der Waals surface area (Å²) in [4.78, 5) is 24.1. The Hall–Kier alpha value is -0.800. The fourth-order valence-corrected chi connectivity index (χ4v) is 11.3. The summed E-state index contributed by atoms with van der Waals surface area (Å²) in [5.74, 6) is 0.921. The molecule has 0 bridgehead atoms. The van der Waals surface area contributed by atoms with E-state index >= 15 is 0 Å². The van der Waals surface area contributed by atoms with Gasteiger partial charge in [0.2, 0.25) is 5.91 Å². The first-order chi connectivity index (χ1) is 29.0. The molecule has 0 saturated carbocycles. The summed E-state index contributed by atoms with van der Waals surface area (Å²) in [6.07, 6.45) is 44.9. The van der Waals surface area contributed by atoms with E-state index in [0.717, 1.165) is 50.7 Å². The predicted molar refractivity (Wildman–Crippen MR) is 252 cm³/mol. The van der Waals surface area contributed by atoms with E-state index < -0.39 is 7.82 Å². The van der Waals surface area contributed by atoms with E-state index in [1.807, 2.05) is 11.8 Å². The fourth-order valence-electron chi connectivity index (χ4n) is 8.48. The summed E-state index contributed by atoms with van der Waals surface area (Å²) in [5.41, 5.74) is 0. The third-order valence-corrected chi connectivity index (χ3v) is 15.3. The summed E-state index contributed by atoms with van der Waals surface area (Å²) < 4.78 is 31.0. The molecule has 2 saturated heterocycles. The molecule has 3 atom stereocenters. The van der Waals surface area contributed by atoms with Crippen LogP contribution in [0.15, 0.2) is 0 Å². The van der Waals surface area contributed by atoms with E-state index in [4.69, 9.17) is 13.6 Å². The van der Waals surface area contributed by atoms with Crippen LogP contribution in [0.25, 0.3) is 0 Å². The lowest BCUT2D eigenvalue weighted by atomic mass is 10.0. The van der Waals surface area contributed by atoms with Crippen LogP contribution < -0.4 is 16.0 Å². The van der Waals surface area contributed by atoms with Crippen LogP contribution in [-0.2, 0) is 22.9 Å². The normalized spacial score (nSPS) is 17.7. The number of amides is 3. The van der Waals surface area contributed by atoms with Crippen molar-refractivity contribution in [1.82, 2.24) is 16.0 Å². The Balaban J connectivity index is 1.54. The molecule has 9 nitrogen and oxygen atoms in total. The van der Waals surface area contributed by atoms with Crippen LogP contribution >= 0.6 is 19.6 Å². The molecule has 2 aliphatic heterocycles. The van der Waals surface area contributed by atoms with Gasteiger partial charge in [0.05, 0.1) is 31.9 Å². The lowest BCUT2D eigenvalue weighted by molar-refractivity contribution is -0.121. The molecule has 0 unspecified atom stereocenters. The van der Waals surface area contributed by atoms with E-state index in [2.05, 4.69) is 29.8 Å². The van der Waals surface area contributed by atoms with Crippen LogP contribution in [-0.4, -0.2) is 61.4 Å². The lowest BCUT2D eigenvalue weighted by Gasteiger charge is -2.18. The summed E-state index contributed by atoms with van der Waals surface area (Å²) >= 11 is 1.90. The Morgan fingerprint density at radius 1 is 0.559 bits per heavy atom. The fraction of sp³-hybridized carbons (Fsp3) is 0.958. The molecular weight excluding hydrogens is 778 g/mol. The zero-order chi connectivity index (χ0) is 42.3. The molecule has 0 radical (unpaired) electrons. The van der Waals surface area contributed by atoms with E-state index in [9.17, 15) is 14.2 Å². The number of carbonyl (C=O) groups is 2. The van der Waals surface area contributed by atoms with Gasteiger partial charge < -0.3 is 16.0 Å².